The van der Waals surface area contributed by atoms with Gasteiger partial charge < -0.3 is 4.42 Å². The van der Waals surface area contributed by atoms with Crippen LogP contribution in [0.5, 0.6) is 0 Å². The molecule has 0 N–H and O–H groups in total. The Kier molecular flexibility index (Phi) is 5.35. The van der Waals surface area contributed by atoms with Crippen LogP contribution < -0.4 is 0 Å². The molecular formula is C35H21N5O. The molecule has 6 nitrogen and oxygen atoms in total. The maximum atomic E-state index is 6.23. The van der Waals surface area contributed by atoms with Crippen molar-refractivity contribution in [2.75, 3.05) is 0 Å². The number of furan rings is 1. The van der Waals surface area contributed by atoms with Crippen LogP contribution in [0, 0.1) is 0 Å². The SMILES string of the molecule is c1ccc(-c2ccc(-c3nc(-c4ccccc4)nc(-c4cc5c(cn4)oc4c6ccccc6ncc54)n3)cc2)cc1. The summed E-state index contributed by atoms with van der Waals surface area (Å²) in [6, 6.07) is 38.5. The zero-order chi connectivity index (χ0) is 27.2. The number of aromatic nitrogens is 5. The lowest BCUT2D eigenvalue weighted by Gasteiger charge is -2.09. The fourth-order valence-electron chi connectivity index (χ4n) is 5.16. The first kappa shape index (κ1) is 23.2. The molecule has 8 rings (SSSR count). The Hall–Kier alpha value is -5.75. The molecular weight excluding hydrogens is 506 g/mol. The minimum atomic E-state index is 0.492. The lowest BCUT2D eigenvalue weighted by Crippen LogP contribution is -2.01. The molecule has 0 amide bonds. The van der Waals surface area contributed by atoms with Gasteiger partial charge in [0.2, 0.25) is 0 Å². The van der Waals surface area contributed by atoms with Gasteiger partial charge in [-0.25, -0.2) is 19.9 Å². The van der Waals surface area contributed by atoms with E-state index in [2.05, 4.69) is 29.2 Å². The Morgan fingerprint density at radius 1 is 0.439 bits per heavy atom. The van der Waals surface area contributed by atoms with Crippen molar-refractivity contribution in [1.82, 2.24) is 24.9 Å². The molecule has 0 bridgehead atoms. The number of para-hydroxylation sites is 1. The van der Waals surface area contributed by atoms with Gasteiger partial charge in [-0.15, -0.1) is 0 Å². The fraction of sp³-hybridized carbons (Fsp3) is 0. The fourth-order valence-corrected chi connectivity index (χ4v) is 5.16. The van der Waals surface area contributed by atoms with E-state index in [9.17, 15) is 0 Å². The van der Waals surface area contributed by atoms with Crippen LogP contribution >= 0.6 is 0 Å². The smallest absolute Gasteiger partial charge is 0.182 e. The molecule has 4 aromatic carbocycles. The van der Waals surface area contributed by atoms with Crippen LogP contribution in [0.15, 0.2) is 132 Å². The summed E-state index contributed by atoms with van der Waals surface area (Å²) in [6.07, 6.45) is 3.59. The third-order valence-corrected chi connectivity index (χ3v) is 7.24. The number of hydrogen-bond acceptors (Lipinski definition) is 6. The van der Waals surface area contributed by atoms with Crippen molar-refractivity contribution in [3.05, 3.63) is 128 Å². The van der Waals surface area contributed by atoms with Gasteiger partial charge in [-0.2, -0.15) is 0 Å². The third-order valence-electron chi connectivity index (χ3n) is 7.24. The molecule has 0 aliphatic carbocycles. The average Bonchev–Trinajstić information content (AvgIpc) is 3.44. The maximum absolute atomic E-state index is 6.23. The predicted molar refractivity (Wildman–Crippen MR) is 162 cm³/mol. The van der Waals surface area contributed by atoms with Gasteiger partial charge in [0, 0.05) is 33.5 Å². The van der Waals surface area contributed by atoms with Gasteiger partial charge in [-0.1, -0.05) is 97.1 Å². The minimum Gasteiger partial charge on any atom is -0.454 e. The van der Waals surface area contributed by atoms with E-state index in [1.165, 1.54) is 0 Å². The Morgan fingerprint density at radius 2 is 1.02 bits per heavy atom. The molecule has 4 aromatic heterocycles. The Labute approximate surface area is 235 Å². The van der Waals surface area contributed by atoms with Crippen molar-refractivity contribution < 1.29 is 4.42 Å². The molecule has 8 aromatic rings. The monoisotopic (exact) mass is 527 g/mol. The molecule has 41 heavy (non-hydrogen) atoms. The van der Waals surface area contributed by atoms with Gasteiger partial charge in [-0.3, -0.25) is 4.98 Å². The topological polar surface area (TPSA) is 77.6 Å². The molecule has 4 heterocycles. The van der Waals surface area contributed by atoms with Crippen molar-refractivity contribution in [3.8, 4) is 45.4 Å². The number of hydrogen-bond donors (Lipinski definition) is 0. The highest BCUT2D eigenvalue weighted by Crippen LogP contribution is 2.34. The molecule has 0 spiro atoms. The van der Waals surface area contributed by atoms with Crippen molar-refractivity contribution in [1.29, 1.82) is 0 Å². The first-order chi connectivity index (χ1) is 20.3. The zero-order valence-electron chi connectivity index (χ0n) is 21.8. The number of benzene rings is 4. The summed E-state index contributed by atoms with van der Waals surface area (Å²) in [7, 11) is 0. The van der Waals surface area contributed by atoms with Crippen LogP contribution in [-0.4, -0.2) is 24.9 Å². The maximum Gasteiger partial charge on any atom is 0.182 e. The minimum absolute atomic E-state index is 0.492. The summed E-state index contributed by atoms with van der Waals surface area (Å²) in [5.41, 5.74) is 7.11. The summed E-state index contributed by atoms with van der Waals surface area (Å²) in [5, 5.41) is 2.81. The van der Waals surface area contributed by atoms with E-state index in [1.54, 1.807) is 6.20 Å². The molecule has 0 saturated carbocycles. The van der Waals surface area contributed by atoms with Gasteiger partial charge in [0.25, 0.3) is 0 Å². The number of nitrogens with zero attached hydrogens (tertiary/aromatic N) is 5. The van der Waals surface area contributed by atoms with Gasteiger partial charge in [-0.05, 0) is 29.3 Å². The molecule has 0 aliphatic heterocycles. The Bertz CT molecular complexity index is 2190. The summed E-state index contributed by atoms with van der Waals surface area (Å²) in [4.78, 5) is 24.0. The van der Waals surface area contributed by atoms with Crippen molar-refractivity contribution >= 4 is 32.8 Å². The van der Waals surface area contributed by atoms with Crippen molar-refractivity contribution in [3.63, 3.8) is 0 Å². The molecule has 0 saturated heterocycles. The Balaban J connectivity index is 1.28. The largest absolute Gasteiger partial charge is 0.454 e. The summed E-state index contributed by atoms with van der Waals surface area (Å²) < 4.78 is 6.23. The lowest BCUT2D eigenvalue weighted by atomic mass is 10.0. The first-order valence-electron chi connectivity index (χ1n) is 13.3. The standard InChI is InChI=1S/C35H21N5O/c1-3-9-22(10-4-1)23-15-17-25(18-16-23)34-38-33(24-11-5-2-6-12-24)39-35(40-34)30-19-27-28-20-36-29-14-8-7-13-26(29)32(28)41-31(27)21-37-30/h1-21H. The summed E-state index contributed by atoms with van der Waals surface area (Å²) in [5.74, 6) is 1.66. The number of rotatable bonds is 4. The van der Waals surface area contributed by atoms with E-state index in [0.29, 0.717) is 28.8 Å². The first-order valence-corrected chi connectivity index (χ1v) is 13.3. The quantitative estimate of drug-likeness (QED) is 0.229. The van der Waals surface area contributed by atoms with Crippen LogP contribution in [0.4, 0.5) is 0 Å². The third kappa shape index (κ3) is 4.10. The van der Waals surface area contributed by atoms with Gasteiger partial charge in [0.05, 0.1) is 11.7 Å². The van der Waals surface area contributed by atoms with Crippen LogP contribution in [-0.2, 0) is 0 Å². The van der Waals surface area contributed by atoms with Crippen LogP contribution in [0.2, 0.25) is 0 Å². The number of pyridine rings is 2. The summed E-state index contributed by atoms with van der Waals surface area (Å²) >= 11 is 0. The molecule has 0 aliphatic rings. The second-order valence-corrected chi connectivity index (χ2v) is 9.80. The van der Waals surface area contributed by atoms with E-state index < -0.39 is 0 Å². The molecule has 0 atom stereocenters. The highest BCUT2D eigenvalue weighted by atomic mass is 16.3. The molecule has 0 unspecified atom stereocenters. The molecule has 6 heteroatoms. The van der Waals surface area contributed by atoms with E-state index in [4.69, 9.17) is 24.4 Å². The Morgan fingerprint density at radius 3 is 1.78 bits per heavy atom. The van der Waals surface area contributed by atoms with E-state index in [1.807, 2.05) is 97.2 Å². The van der Waals surface area contributed by atoms with E-state index in [-0.39, 0.29) is 0 Å². The van der Waals surface area contributed by atoms with Gasteiger partial charge in [0.15, 0.2) is 23.1 Å². The normalized spacial score (nSPS) is 11.4. The van der Waals surface area contributed by atoms with Crippen molar-refractivity contribution in [2.24, 2.45) is 0 Å². The second-order valence-electron chi connectivity index (χ2n) is 9.80. The molecule has 0 fully saturated rings. The van der Waals surface area contributed by atoms with E-state index in [0.717, 1.165) is 49.5 Å². The number of fused-ring (bicyclic) bond motifs is 5. The van der Waals surface area contributed by atoms with Gasteiger partial charge in [0.1, 0.15) is 11.3 Å². The second kappa shape index (κ2) is 9.47. The highest BCUT2D eigenvalue weighted by molar-refractivity contribution is 6.13. The highest BCUT2D eigenvalue weighted by Gasteiger charge is 2.17. The predicted octanol–water partition coefficient (Wildman–Crippen LogP) is 8.38. The van der Waals surface area contributed by atoms with Crippen molar-refractivity contribution in [2.45, 2.75) is 0 Å². The van der Waals surface area contributed by atoms with Crippen LogP contribution in [0.3, 0.4) is 0 Å². The lowest BCUT2D eigenvalue weighted by molar-refractivity contribution is 0.670. The molecule has 0 radical (unpaired) electrons. The van der Waals surface area contributed by atoms with Crippen LogP contribution in [0.25, 0.3) is 78.3 Å². The van der Waals surface area contributed by atoms with E-state index >= 15 is 0 Å². The average molecular weight is 528 g/mol. The summed E-state index contributed by atoms with van der Waals surface area (Å²) in [6.45, 7) is 0. The van der Waals surface area contributed by atoms with Crippen LogP contribution in [0.1, 0.15) is 0 Å². The molecule has 192 valence electrons. The van der Waals surface area contributed by atoms with Gasteiger partial charge >= 0.3 is 0 Å². The zero-order valence-corrected chi connectivity index (χ0v) is 21.8.